The molecule has 0 fully saturated rings. The van der Waals surface area contributed by atoms with Gasteiger partial charge in [-0.05, 0) is 47.5 Å². The first-order chi connectivity index (χ1) is 18.2. The maximum absolute atomic E-state index is 13.4. The molecule has 2 heterocycles. The van der Waals surface area contributed by atoms with E-state index in [0.29, 0.717) is 11.4 Å². The summed E-state index contributed by atoms with van der Waals surface area (Å²) in [6.45, 7) is 0. The first-order valence-electron chi connectivity index (χ1n) is 11.5. The van der Waals surface area contributed by atoms with Gasteiger partial charge in [0.05, 0.1) is 29.4 Å². The Bertz CT molecular complexity index is 1470. The molecule has 0 aliphatic heterocycles. The van der Waals surface area contributed by atoms with Crippen LogP contribution in [0.1, 0.15) is 22.2 Å². The van der Waals surface area contributed by atoms with E-state index in [4.69, 9.17) is 14.3 Å². The van der Waals surface area contributed by atoms with Crippen molar-refractivity contribution in [2.45, 2.75) is 18.9 Å². The molecule has 4 aromatic rings. The number of amides is 1. The fourth-order valence-corrected chi connectivity index (χ4v) is 5.89. The lowest BCUT2D eigenvalue weighted by Gasteiger charge is -2.21. The van der Waals surface area contributed by atoms with Crippen molar-refractivity contribution in [3.63, 3.8) is 0 Å². The molecule has 0 spiro atoms. The largest absolute Gasteiger partial charge is 0.468 e. The molecule has 9 nitrogen and oxygen atoms in total. The van der Waals surface area contributed by atoms with Gasteiger partial charge in [-0.15, -0.1) is 22.7 Å². The third-order valence-electron chi connectivity index (χ3n) is 5.64. The quantitative estimate of drug-likeness (QED) is 0.137. The fourth-order valence-electron chi connectivity index (χ4n) is 3.83. The smallest absolute Gasteiger partial charge is 0.357 e. The number of anilines is 1. The predicted octanol–water partition coefficient (Wildman–Crippen LogP) is 4.52. The van der Waals surface area contributed by atoms with E-state index in [9.17, 15) is 18.0 Å². The number of thiazole rings is 1. The topological polar surface area (TPSA) is 135 Å². The molecular weight excluding hydrogens is 547 g/mol. The van der Waals surface area contributed by atoms with E-state index in [-0.39, 0.29) is 12.1 Å². The lowest BCUT2D eigenvalue weighted by Crippen LogP contribution is -2.40. The molecule has 0 aliphatic rings. The normalized spacial score (nSPS) is 12.9. The number of rotatable bonds is 11. The van der Waals surface area contributed by atoms with Gasteiger partial charge in [-0.25, -0.2) is 4.98 Å². The van der Waals surface area contributed by atoms with Crippen molar-refractivity contribution < 1.29 is 27.3 Å². The Morgan fingerprint density at radius 3 is 2.32 bits per heavy atom. The van der Waals surface area contributed by atoms with E-state index >= 15 is 0 Å². The van der Waals surface area contributed by atoms with Gasteiger partial charge < -0.3 is 10.1 Å². The Balaban J connectivity index is 1.59. The third-order valence-corrected chi connectivity index (χ3v) is 7.98. The second kappa shape index (κ2) is 12.3. The molecule has 0 bridgehead atoms. The molecular formula is C26H25N3O6S3. The fraction of sp³-hybridized carbons (Fsp3) is 0.192. The van der Waals surface area contributed by atoms with Crippen LogP contribution in [-0.4, -0.2) is 36.9 Å². The molecule has 3 N–H and O–H groups in total. The molecule has 0 saturated carbocycles. The Morgan fingerprint density at radius 1 is 0.974 bits per heavy atom. The van der Waals surface area contributed by atoms with Crippen LogP contribution >= 0.6 is 22.7 Å². The van der Waals surface area contributed by atoms with Crippen molar-refractivity contribution >= 4 is 50.5 Å². The zero-order valence-corrected chi connectivity index (χ0v) is 22.7. The molecule has 0 saturated heterocycles. The standard InChI is InChI=1S/C26H25N3O6S3/c1-35-26(31)20(14-17-6-3-2-4-7-17)24(30)27-21(25-28-22(16-37-25)23-8-5-13-36-23)15-18-9-11-19(12-10-18)29-38(32,33)34/h2-13,16,20-21,29H,14-15H2,1H3,(H,27,30)(H,32,33,34)/t20-,21-/m0/s1. The average Bonchev–Trinajstić information content (AvgIpc) is 3.60. The lowest BCUT2D eigenvalue weighted by atomic mass is 9.97. The van der Waals surface area contributed by atoms with Crippen LogP contribution in [0.4, 0.5) is 5.69 Å². The monoisotopic (exact) mass is 571 g/mol. The highest BCUT2D eigenvalue weighted by atomic mass is 32.2. The molecule has 2 aromatic heterocycles. The number of carbonyl (C=O) groups is 2. The summed E-state index contributed by atoms with van der Waals surface area (Å²) in [5, 5.41) is 7.52. The van der Waals surface area contributed by atoms with Gasteiger partial charge in [-0.3, -0.25) is 18.9 Å². The third kappa shape index (κ3) is 7.48. The number of thiophene rings is 1. The van der Waals surface area contributed by atoms with E-state index in [1.807, 2.05) is 57.9 Å². The maximum atomic E-state index is 13.4. The van der Waals surface area contributed by atoms with E-state index in [0.717, 1.165) is 21.7 Å². The molecule has 198 valence electrons. The summed E-state index contributed by atoms with van der Waals surface area (Å²) in [7, 11) is -3.14. The van der Waals surface area contributed by atoms with Crippen molar-refractivity contribution in [2.24, 2.45) is 5.92 Å². The van der Waals surface area contributed by atoms with Gasteiger partial charge in [0.15, 0.2) is 0 Å². The predicted molar refractivity (Wildman–Crippen MR) is 147 cm³/mol. The second-order valence-corrected chi connectivity index (χ2v) is 11.3. The molecule has 0 radical (unpaired) electrons. The summed E-state index contributed by atoms with van der Waals surface area (Å²) in [6, 6.07) is 18.9. The zero-order valence-electron chi connectivity index (χ0n) is 20.2. The highest BCUT2D eigenvalue weighted by molar-refractivity contribution is 7.87. The number of methoxy groups -OCH3 is 1. The van der Waals surface area contributed by atoms with E-state index < -0.39 is 34.1 Å². The van der Waals surface area contributed by atoms with Crippen LogP contribution in [0.25, 0.3) is 10.6 Å². The summed E-state index contributed by atoms with van der Waals surface area (Å²) in [4.78, 5) is 31.7. The van der Waals surface area contributed by atoms with E-state index in [1.165, 1.54) is 30.6 Å². The summed E-state index contributed by atoms with van der Waals surface area (Å²) in [6.07, 6.45) is 0.509. The minimum Gasteiger partial charge on any atom is -0.468 e. The first kappa shape index (κ1) is 27.5. The van der Waals surface area contributed by atoms with Gasteiger partial charge in [-0.1, -0.05) is 48.5 Å². The molecule has 1 amide bonds. The van der Waals surface area contributed by atoms with Crippen LogP contribution in [0, 0.1) is 5.92 Å². The second-order valence-electron chi connectivity index (χ2n) is 8.35. The van der Waals surface area contributed by atoms with Crippen molar-refractivity contribution in [3.8, 4) is 10.6 Å². The number of nitrogens with zero attached hydrogens (tertiary/aromatic N) is 1. The minimum absolute atomic E-state index is 0.181. The van der Waals surface area contributed by atoms with Crippen molar-refractivity contribution in [3.05, 3.63) is 93.6 Å². The van der Waals surface area contributed by atoms with Crippen LogP contribution < -0.4 is 10.0 Å². The maximum Gasteiger partial charge on any atom is 0.357 e. The van der Waals surface area contributed by atoms with Crippen molar-refractivity contribution in [1.29, 1.82) is 0 Å². The van der Waals surface area contributed by atoms with Crippen molar-refractivity contribution in [1.82, 2.24) is 10.3 Å². The Morgan fingerprint density at radius 2 is 1.68 bits per heavy atom. The molecule has 0 unspecified atom stereocenters. The van der Waals surface area contributed by atoms with Crippen molar-refractivity contribution in [2.75, 3.05) is 11.8 Å². The number of hydrogen-bond acceptors (Lipinski definition) is 8. The molecule has 2 atom stereocenters. The van der Waals surface area contributed by atoms with Gasteiger partial charge in [-0.2, -0.15) is 8.42 Å². The Labute approximate surface area is 228 Å². The molecule has 38 heavy (non-hydrogen) atoms. The number of benzene rings is 2. The molecule has 0 aliphatic carbocycles. The highest BCUT2D eigenvalue weighted by Crippen LogP contribution is 2.30. The highest BCUT2D eigenvalue weighted by Gasteiger charge is 2.31. The molecule has 12 heteroatoms. The number of aromatic nitrogens is 1. The van der Waals surface area contributed by atoms with Crippen LogP contribution in [0.3, 0.4) is 0 Å². The summed E-state index contributed by atoms with van der Waals surface area (Å²) in [5.74, 6) is -2.17. The van der Waals surface area contributed by atoms with Crippen LogP contribution in [0.5, 0.6) is 0 Å². The van der Waals surface area contributed by atoms with Gasteiger partial charge >= 0.3 is 16.3 Å². The summed E-state index contributed by atoms with van der Waals surface area (Å²) in [5.41, 5.74) is 2.59. The van der Waals surface area contributed by atoms with Gasteiger partial charge in [0.1, 0.15) is 10.9 Å². The SMILES string of the molecule is COC(=O)[C@@H](Cc1ccccc1)C(=O)N[C@@H](Cc1ccc(NS(=O)(=O)O)cc1)c1nc(-c2cccs2)cs1. The van der Waals surface area contributed by atoms with Crippen LogP contribution in [-0.2, 0) is 37.5 Å². The number of nitrogens with one attached hydrogen (secondary N) is 2. The van der Waals surface area contributed by atoms with Crippen LogP contribution in [0.2, 0.25) is 0 Å². The van der Waals surface area contributed by atoms with E-state index in [2.05, 4.69) is 5.32 Å². The number of hydrogen-bond donors (Lipinski definition) is 3. The van der Waals surface area contributed by atoms with E-state index in [1.54, 1.807) is 23.5 Å². The Hall–Kier alpha value is -3.58. The minimum atomic E-state index is -4.40. The summed E-state index contributed by atoms with van der Waals surface area (Å²) < 4.78 is 38.1. The van der Waals surface area contributed by atoms with Crippen LogP contribution in [0.15, 0.2) is 77.5 Å². The number of carbonyl (C=O) groups excluding carboxylic acids is 2. The van der Waals surface area contributed by atoms with Gasteiger partial charge in [0.25, 0.3) is 0 Å². The first-order valence-corrected chi connectivity index (χ1v) is 14.7. The molecule has 4 rings (SSSR count). The number of ether oxygens (including phenoxy) is 1. The average molecular weight is 572 g/mol. The van der Waals surface area contributed by atoms with Gasteiger partial charge in [0, 0.05) is 5.38 Å². The summed E-state index contributed by atoms with van der Waals surface area (Å²) >= 11 is 2.96. The van der Waals surface area contributed by atoms with Gasteiger partial charge in [0.2, 0.25) is 5.91 Å². The zero-order chi connectivity index (χ0) is 27.1. The lowest BCUT2D eigenvalue weighted by molar-refractivity contribution is -0.150. The number of esters is 1. The molecule has 2 aromatic carbocycles. The Kier molecular flexibility index (Phi) is 8.89.